The van der Waals surface area contributed by atoms with Crippen molar-refractivity contribution in [1.82, 2.24) is 5.32 Å². The van der Waals surface area contributed by atoms with Crippen LogP contribution in [-0.2, 0) is 19.1 Å². The maximum atomic E-state index is 12.6. The highest BCUT2D eigenvalue weighted by Crippen LogP contribution is 2.32. The van der Waals surface area contributed by atoms with Crippen molar-refractivity contribution in [3.8, 4) is 0 Å². The number of benzene rings is 1. The summed E-state index contributed by atoms with van der Waals surface area (Å²) in [6.07, 6.45) is 0.524. The summed E-state index contributed by atoms with van der Waals surface area (Å²) in [5.74, 6) is -0.885. The predicted octanol–water partition coefficient (Wildman–Crippen LogP) is 3.76. The van der Waals surface area contributed by atoms with Gasteiger partial charge in [-0.3, -0.25) is 14.4 Å². The van der Waals surface area contributed by atoms with Crippen LogP contribution in [0.15, 0.2) is 18.2 Å². The summed E-state index contributed by atoms with van der Waals surface area (Å²) in [4.78, 5) is 36.9. The van der Waals surface area contributed by atoms with Gasteiger partial charge in [-0.2, -0.15) is 0 Å². The van der Waals surface area contributed by atoms with E-state index >= 15 is 0 Å². The lowest BCUT2D eigenvalue weighted by molar-refractivity contribution is -0.153. The molecule has 1 aromatic rings. The zero-order valence-electron chi connectivity index (χ0n) is 18.5. The Labute approximate surface area is 173 Å². The summed E-state index contributed by atoms with van der Waals surface area (Å²) in [6, 6.07) is 5.38. The highest BCUT2D eigenvalue weighted by molar-refractivity contribution is 5.97. The number of hydrogen-bond acceptors (Lipinski definition) is 5. The first-order valence-electron chi connectivity index (χ1n) is 10.1. The molecular weight excluding hydrogens is 370 g/mol. The minimum absolute atomic E-state index is 0.0764. The fraction of sp³-hybridized carbons (Fsp3) is 0.609. The average Bonchev–Trinajstić information content (AvgIpc) is 2.60. The smallest absolute Gasteiger partial charge is 0.311 e. The molecule has 0 saturated carbocycles. The molecule has 1 aliphatic rings. The van der Waals surface area contributed by atoms with Gasteiger partial charge >= 0.3 is 11.9 Å². The SMILES string of the molecule is Cc1ccc2c(c1)C(=O)N[C@@H](COC(=O)C(C)(C)C)[C@@H]2CCOC(=O)C(C)(C)C. The van der Waals surface area contributed by atoms with E-state index in [-0.39, 0.29) is 43.0 Å². The van der Waals surface area contributed by atoms with Crippen molar-refractivity contribution in [3.63, 3.8) is 0 Å². The zero-order chi connectivity index (χ0) is 22.0. The second-order valence-corrected chi connectivity index (χ2v) is 9.80. The summed E-state index contributed by atoms with van der Waals surface area (Å²) in [7, 11) is 0. The van der Waals surface area contributed by atoms with Crippen LogP contribution in [0.1, 0.15) is 75.4 Å². The Bertz CT molecular complexity index is 785. The van der Waals surface area contributed by atoms with E-state index in [2.05, 4.69) is 5.32 Å². The number of hydrogen-bond donors (Lipinski definition) is 1. The second kappa shape index (κ2) is 8.56. The fourth-order valence-corrected chi connectivity index (χ4v) is 3.15. The van der Waals surface area contributed by atoms with Crippen molar-refractivity contribution in [2.75, 3.05) is 13.2 Å². The molecule has 160 valence electrons. The lowest BCUT2D eigenvalue weighted by atomic mass is 9.82. The number of aryl methyl sites for hydroxylation is 1. The van der Waals surface area contributed by atoms with Crippen LogP contribution in [0.4, 0.5) is 0 Å². The minimum atomic E-state index is -0.620. The minimum Gasteiger partial charge on any atom is -0.465 e. The van der Waals surface area contributed by atoms with Crippen molar-refractivity contribution in [3.05, 3.63) is 34.9 Å². The maximum Gasteiger partial charge on any atom is 0.311 e. The number of nitrogens with one attached hydrogen (secondary N) is 1. The molecule has 0 saturated heterocycles. The quantitative estimate of drug-likeness (QED) is 0.757. The Morgan fingerprint density at radius 3 is 2.17 bits per heavy atom. The first-order valence-corrected chi connectivity index (χ1v) is 10.1. The Hall–Kier alpha value is -2.37. The molecule has 1 aromatic carbocycles. The van der Waals surface area contributed by atoms with Crippen LogP contribution in [0.5, 0.6) is 0 Å². The molecule has 0 fully saturated rings. The maximum absolute atomic E-state index is 12.6. The topological polar surface area (TPSA) is 81.7 Å². The molecule has 0 bridgehead atoms. The van der Waals surface area contributed by atoms with Crippen LogP contribution >= 0.6 is 0 Å². The molecule has 2 atom stereocenters. The van der Waals surface area contributed by atoms with Crippen LogP contribution in [0.3, 0.4) is 0 Å². The number of carbonyl (C=O) groups excluding carboxylic acids is 3. The van der Waals surface area contributed by atoms with Crippen molar-refractivity contribution in [2.45, 2.75) is 66.8 Å². The van der Waals surface area contributed by atoms with E-state index in [0.717, 1.165) is 11.1 Å². The molecule has 6 heteroatoms. The standard InChI is InChI=1S/C23H33NO5/c1-14-8-9-15-16(10-11-28-20(26)22(2,3)4)18(24-19(25)17(15)12-14)13-29-21(27)23(5,6)7/h8-9,12,16,18H,10-11,13H2,1-7H3,(H,24,25)/t16-,18+/m1/s1. The highest BCUT2D eigenvalue weighted by atomic mass is 16.5. The van der Waals surface area contributed by atoms with E-state index in [4.69, 9.17) is 9.47 Å². The van der Waals surface area contributed by atoms with Gasteiger partial charge in [-0.25, -0.2) is 0 Å². The Balaban J connectivity index is 2.19. The van der Waals surface area contributed by atoms with E-state index in [0.29, 0.717) is 12.0 Å². The Kier molecular flexibility index (Phi) is 6.76. The van der Waals surface area contributed by atoms with Gasteiger partial charge in [0.15, 0.2) is 0 Å². The van der Waals surface area contributed by atoms with Gasteiger partial charge in [0.1, 0.15) is 6.61 Å². The van der Waals surface area contributed by atoms with Gasteiger partial charge in [-0.1, -0.05) is 17.7 Å². The van der Waals surface area contributed by atoms with Crippen molar-refractivity contribution >= 4 is 17.8 Å². The third-order valence-corrected chi connectivity index (χ3v) is 4.94. The van der Waals surface area contributed by atoms with E-state index in [1.807, 2.05) is 45.9 Å². The molecule has 0 spiro atoms. The van der Waals surface area contributed by atoms with Crippen LogP contribution in [0, 0.1) is 17.8 Å². The molecular formula is C23H33NO5. The zero-order valence-corrected chi connectivity index (χ0v) is 18.5. The molecule has 0 aliphatic carbocycles. The number of fused-ring (bicyclic) bond motifs is 1. The molecule has 29 heavy (non-hydrogen) atoms. The van der Waals surface area contributed by atoms with E-state index in [9.17, 15) is 14.4 Å². The first-order chi connectivity index (χ1) is 13.3. The van der Waals surface area contributed by atoms with E-state index in [1.54, 1.807) is 20.8 Å². The largest absolute Gasteiger partial charge is 0.465 e. The normalized spacial score (nSPS) is 19.2. The number of carbonyl (C=O) groups is 3. The van der Waals surface area contributed by atoms with Gasteiger partial charge in [0.25, 0.3) is 5.91 Å². The summed E-state index contributed by atoms with van der Waals surface area (Å²) < 4.78 is 10.9. The molecule has 0 radical (unpaired) electrons. The van der Waals surface area contributed by atoms with Crippen LogP contribution in [0.2, 0.25) is 0 Å². The monoisotopic (exact) mass is 403 g/mol. The third-order valence-electron chi connectivity index (χ3n) is 4.94. The molecule has 0 unspecified atom stereocenters. The van der Waals surface area contributed by atoms with Crippen molar-refractivity contribution in [2.24, 2.45) is 10.8 Å². The van der Waals surface area contributed by atoms with Crippen LogP contribution in [-0.4, -0.2) is 37.1 Å². The molecule has 1 N–H and O–H groups in total. The summed E-state index contributed by atoms with van der Waals surface area (Å²) in [5.41, 5.74) is 1.32. The van der Waals surface area contributed by atoms with Crippen molar-refractivity contribution in [1.29, 1.82) is 0 Å². The van der Waals surface area contributed by atoms with Gasteiger partial charge in [-0.05, 0) is 66.5 Å². The molecule has 0 aromatic heterocycles. The number of rotatable bonds is 5. The van der Waals surface area contributed by atoms with Gasteiger partial charge in [0.05, 0.1) is 23.5 Å². The number of amides is 1. The molecule has 1 amide bonds. The summed E-state index contributed by atoms with van der Waals surface area (Å²) in [6.45, 7) is 13.0. The molecule has 1 aliphatic heterocycles. The average molecular weight is 404 g/mol. The predicted molar refractivity (Wildman–Crippen MR) is 111 cm³/mol. The molecule has 6 nitrogen and oxygen atoms in total. The van der Waals surface area contributed by atoms with Gasteiger partial charge < -0.3 is 14.8 Å². The summed E-state index contributed by atoms with van der Waals surface area (Å²) >= 11 is 0. The van der Waals surface area contributed by atoms with Crippen LogP contribution in [0.25, 0.3) is 0 Å². The van der Waals surface area contributed by atoms with E-state index < -0.39 is 10.8 Å². The number of ether oxygens (including phenoxy) is 2. The van der Waals surface area contributed by atoms with E-state index in [1.165, 1.54) is 0 Å². The molecule has 1 heterocycles. The second-order valence-electron chi connectivity index (χ2n) is 9.80. The van der Waals surface area contributed by atoms with Gasteiger partial charge in [0.2, 0.25) is 0 Å². The van der Waals surface area contributed by atoms with Crippen molar-refractivity contribution < 1.29 is 23.9 Å². The van der Waals surface area contributed by atoms with Gasteiger partial charge in [-0.15, -0.1) is 0 Å². The highest BCUT2D eigenvalue weighted by Gasteiger charge is 2.35. The Morgan fingerprint density at radius 1 is 1.00 bits per heavy atom. The number of esters is 2. The fourth-order valence-electron chi connectivity index (χ4n) is 3.15. The third kappa shape index (κ3) is 5.81. The van der Waals surface area contributed by atoms with Crippen LogP contribution < -0.4 is 5.32 Å². The van der Waals surface area contributed by atoms with Gasteiger partial charge in [0, 0.05) is 11.5 Å². The lowest BCUT2D eigenvalue weighted by Gasteiger charge is -2.34. The molecule has 2 rings (SSSR count). The Morgan fingerprint density at radius 2 is 1.59 bits per heavy atom. The lowest BCUT2D eigenvalue weighted by Crippen LogP contribution is -2.48. The first kappa shape index (κ1) is 22.9. The summed E-state index contributed by atoms with van der Waals surface area (Å²) in [5, 5.41) is 2.97.